The van der Waals surface area contributed by atoms with E-state index in [-0.39, 0.29) is 12.1 Å². The van der Waals surface area contributed by atoms with Crippen molar-refractivity contribution in [3.8, 4) is 0 Å². The number of nitrogens with zero attached hydrogens (tertiary/aromatic N) is 1. The van der Waals surface area contributed by atoms with E-state index in [2.05, 4.69) is 17.1 Å². The maximum absolute atomic E-state index is 12.2. The van der Waals surface area contributed by atoms with E-state index in [9.17, 15) is 4.79 Å². The molecule has 1 atom stereocenters. The number of carbonyl (C=O) groups is 1. The summed E-state index contributed by atoms with van der Waals surface area (Å²) in [6.07, 6.45) is 2.50. The first-order valence-electron chi connectivity index (χ1n) is 6.95. The smallest absolute Gasteiger partial charge is 0.410 e. The Morgan fingerprint density at radius 1 is 1.35 bits per heavy atom. The van der Waals surface area contributed by atoms with Crippen LogP contribution in [0.3, 0.4) is 0 Å². The third-order valence-corrected chi connectivity index (χ3v) is 3.70. The van der Waals surface area contributed by atoms with Gasteiger partial charge in [0.2, 0.25) is 0 Å². The van der Waals surface area contributed by atoms with Crippen LogP contribution >= 0.6 is 0 Å². The van der Waals surface area contributed by atoms with Gasteiger partial charge in [-0.05, 0) is 36.6 Å². The highest BCUT2D eigenvalue weighted by Gasteiger charge is 2.33. The Hall–Kier alpha value is -2.23. The van der Waals surface area contributed by atoms with Gasteiger partial charge in [-0.3, -0.25) is 4.90 Å². The standard InChI is InChI=1S/C16H18N2O2/c1-2-20-16(19)18-11-9-12-6-3-4-7-13(12)15(18)14-8-5-10-17-14/h3-8,10,15,17H,2,9,11H2,1H3. The van der Waals surface area contributed by atoms with Crippen molar-refractivity contribution in [2.24, 2.45) is 0 Å². The monoisotopic (exact) mass is 270 g/mol. The van der Waals surface area contributed by atoms with Crippen LogP contribution in [0.25, 0.3) is 0 Å². The van der Waals surface area contributed by atoms with E-state index in [0.717, 1.165) is 12.1 Å². The molecular weight excluding hydrogens is 252 g/mol. The molecule has 2 aromatic rings. The maximum atomic E-state index is 12.2. The van der Waals surface area contributed by atoms with Crippen molar-refractivity contribution in [2.45, 2.75) is 19.4 Å². The van der Waals surface area contributed by atoms with Gasteiger partial charge in [0.25, 0.3) is 0 Å². The number of ether oxygens (including phenoxy) is 1. The Morgan fingerprint density at radius 2 is 2.20 bits per heavy atom. The van der Waals surface area contributed by atoms with Gasteiger partial charge in [-0.15, -0.1) is 0 Å². The zero-order valence-corrected chi connectivity index (χ0v) is 11.5. The molecule has 4 heteroatoms. The van der Waals surface area contributed by atoms with Gasteiger partial charge in [-0.25, -0.2) is 4.79 Å². The summed E-state index contributed by atoms with van der Waals surface area (Å²) in [7, 11) is 0. The molecule has 0 aliphatic carbocycles. The highest BCUT2D eigenvalue weighted by atomic mass is 16.6. The third-order valence-electron chi connectivity index (χ3n) is 3.70. The number of rotatable bonds is 2. The van der Waals surface area contributed by atoms with Gasteiger partial charge in [0.05, 0.1) is 6.61 Å². The topological polar surface area (TPSA) is 45.3 Å². The highest BCUT2D eigenvalue weighted by Crippen LogP contribution is 2.34. The number of H-pyrrole nitrogens is 1. The van der Waals surface area contributed by atoms with Gasteiger partial charge in [-0.1, -0.05) is 24.3 Å². The summed E-state index contributed by atoms with van der Waals surface area (Å²) < 4.78 is 5.20. The normalized spacial score (nSPS) is 17.6. The fraction of sp³-hybridized carbons (Fsp3) is 0.312. The molecule has 0 spiro atoms. The van der Waals surface area contributed by atoms with Crippen molar-refractivity contribution >= 4 is 6.09 Å². The van der Waals surface area contributed by atoms with E-state index in [1.807, 2.05) is 37.4 Å². The van der Waals surface area contributed by atoms with Crippen LogP contribution in [0, 0.1) is 0 Å². The summed E-state index contributed by atoms with van der Waals surface area (Å²) in [6.45, 7) is 2.91. The van der Waals surface area contributed by atoms with Crippen molar-refractivity contribution in [2.75, 3.05) is 13.2 Å². The van der Waals surface area contributed by atoms with Gasteiger partial charge in [-0.2, -0.15) is 0 Å². The summed E-state index contributed by atoms with van der Waals surface area (Å²) >= 11 is 0. The average molecular weight is 270 g/mol. The van der Waals surface area contributed by atoms with Gasteiger partial charge in [0.15, 0.2) is 0 Å². The van der Waals surface area contributed by atoms with E-state index < -0.39 is 0 Å². The molecule has 20 heavy (non-hydrogen) atoms. The molecule has 2 heterocycles. The Kier molecular flexibility index (Phi) is 3.46. The van der Waals surface area contributed by atoms with Crippen molar-refractivity contribution in [3.05, 3.63) is 59.4 Å². The maximum Gasteiger partial charge on any atom is 0.410 e. The number of benzene rings is 1. The zero-order valence-electron chi connectivity index (χ0n) is 11.5. The minimum atomic E-state index is -0.249. The van der Waals surface area contributed by atoms with Crippen molar-refractivity contribution < 1.29 is 9.53 Å². The molecule has 1 aromatic carbocycles. The predicted molar refractivity (Wildman–Crippen MR) is 76.5 cm³/mol. The van der Waals surface area contributed by atoms with Crippen LogP contribution in [0.4, 0.5) is 4.79 Å². The van der Waals surface area contributed by atoms with Crippen LogP contribution in [0.15, 0.2) is 42.6 Å². The Morgan fingerprint density at radius 3 is 2.95 bits per heavy atom. The third kappa shape index (κ3) is 2.18. The second kappa shape index (κ2) is 5.41. The van der Waals surface area contributed by atoms with Crippen LogP contribution in [0.2, 0.25) is 0 Å². The van der Waals surface area contributed by atoms with Gasteiger partial charge < -0.3 is 9.72 Å². The minimum Gasteiger partial charge on any atom is -0.450 e. The molecule has 0 saturated heterocycles. The molecule has 104 valence electrons. The number of aromatic amines is 1. The molecule has 1 unspecified atom stereocenters. The van der Waals surface area contributed by atoms with Crippen LogP contribution in [0.5, 0.6) is 0 Å². The lowest BCUT2D eigenvalue weighted by Gasteiger charge is -2.36. The fourth-order valence-electron chi connectivity index (χ4n) is 2.82. The second-order valence-electron chi connectivity index (χ2n) is 4.87. The Labute approximate surface area is 118 Å². The summed E-state index contributed by atoms with van der Waals surface area (Å²) in [5.74, 6) is 0. The first-order chi connectivity index (χ1) is 9.81. The highest BCUT2D eigenvalue weighted by molar-refractivity contribution is 5.69. The number of amides is 1. The predicted octanol–water partition coefficient (Wildman–Crippen LogP) is 3.12. The molecule has 1 aliphatic heterocycles. The van der Waals surface area contributed by atoms with Crippen molar-refractivity contribution in [1.29, 1.82) is 0 Å². The molecule has 0 bridgehead atoms. The summed E-state index contributed by atoms with van der Waals surface area (Å²) in [4.78, 5) is 17.2. The lowest BCUT2D eigenvalue weighted by atomic mass is 9.91. The van der Waals surface area contributed by atoms with E-state index in [1.165, 1.54) is 11.1 Å². The van der Waals surface area contributed by atoms with E-state index in [1.54, 1.807) is 4.90 Å². The second-order valence-corrected chi connectivity index (χ2v) is 4.87. The van der Waals surface area contributed by atoms with E-state index in [0.29, 0.717) is 13.2 Å². The van der Waals surface area contributed by atoms with Crippen LogP contribution in [-0.4, -0.2) is 29.1 Å². The molecule has 1 aliphatic rings. The largest absolute Gasteiger partial charge is 0.450 e. The number of aromatic nitrogens is 1. The Bertz CT molecular complexity index is 592. The molecule has 0 radical (unpaired) electrons. The quantitative estimate of drug-likeness (QED) is 0.911. The van der Waals surface area contributed by atoms with Crippen LogP contribution in [0.1, 0.15) is 29.8 Å². The van der Waals surface area contributed by atoms with Crippen molar-refractivity contribution in [1.82, 2.24) is 9.88 Å². The zero-order chi connectivity index (χ0) is 13.9. The fourth-order valence-corrected chi connectivity index (χ4v) is 2.82. The summed E-state index contributed by atoms with van der Waals surface area (Å²) in [6, 6.07) is 12.2. The first-order valence-corrected chi connectivity index (χ1v) is 6.95. The Balaban J connectivity index is 2.03. The number of fused-ring (bicyclic) bond motifs is 1. The van der Waals surface area contributed by atoms with Crippen LogP contribution in [-0.2, 0) is 11.2 Å². The molecule has 1 aromatic heterocycles. The minimum absolute atomic E-state index is 0.0889. The van der Waals surface area contributed by atoms with E-state index >= 15 is 0 Å². The molecule has 1 amide bonds. The number of carbonyl (C=O) groups excluding carboxylic acids is 1. The SMILES string of the molecule is CCOC(=O)N1CCc2ccccc2C1c1ccc[nH]1. The summed E-state index contributed by atoms with van der Waals surface area (Å²) in [5.41, 5.74) is 3.49. The lowest BCUT2D eigenvalue weighted by Crippen LogP contribution is -2.41. The molecule has 0 fully saturated rings. The van der Waals surface area contributed by atoms with Gasteiger partial charge in [0.1, 0.15) is 6.04 Å². The van der Waals surface area contributed by atoms with Gasteiger partial charge in [0, 0.05) is 18.4 Å². The van der Waals surface area contributed by atoms with Crippen LogP contribution < -0.4 is 0 Å². The lowest BCUT2D eigenvalue weighted by molar-refractivity contribution is 0.0931. The van der Waals surface area contributed by atoms with Gasteiger partial charge >= 0.3 is 6.09 Å². The van der Waals surface area contributed by atoms with Crippen molar-refractivity contribution in [3.63, 3.8) is 0 Å². The van der Waals surface area contributed by atoms with E-state index in [4.69, 9.17) is 4.74 Å². The molecule has 4 nitrogen and oxygen atoms in total. The first kappa shape index (κ1) is 12.8. The molecule has 3 rings (SSSR count). The summed E-state index contributed by atoms with van der Waals surface area (Å²) in [5, 5.41) is 0. The average Bonchev–Trinajstić information content (AvgIpc) is 3.00. The molecule has 0 saturated carbocycles. The number of nitrogens with one attached hydrogen (secondary N) is 1. The molecule has 1 N–H and O–H groups in total. The number of hydrogen-bond donors (Lipinski definition) is 1. The number of hydrogen-bond acceptors (Lipinski definition) is 2. The molecular formula is C16H18N2O2.